The lowest BCUT2D eigenvalue weighted by atomic mass is 10.1. The van der Waals surface area contributed by atoms with Crippen LogP contribution >= 0.6 is 0 Å². The molecule has 2 rings (SSSR count). The minimum absolute atomic E-state index is 0.0624. The molecular formula is C28H47FN4O2. The summed E-state index contributed by atoms with van der Waals surface area (Å²) in [6, 6.07) is 6.31. The molecule has 0 saturated carbocycles. The van der Waals surface area contributed by atoms with Crippen LogP contribution in [0.25, 0.3) is 0 Å². The summed E-state index contributed by atoms with van der Waals surface area (Å²) in [7, 11) is 0. The highest BCUT2D eigenvalue weighted by Gasteiger charge is 2.22. The van der Waals surface area contributed by atoms with Gasteiger partial charge >= 0.3 is 6.03 Å². The molecule has 0 atom stereocenters. The number of carbonyl (C=O) groups excluding carboxylic acids is 2. The van der Waals surface area contributed by atoms with Gasteiger partial charge in [-0.25, -0.2) is 9.18 Å². The van der Waals surface area contributed by atoms with E-state index in [9.17, 15) is 14.0 Å². The third-order valence-corrected chi connectivity index (χ3v) is 6.79. The van der Waals surface area contributed by atoms with E-state index >= 15 is 0 Å². The summed E-state index contributed by atoms with van der Waals surface area (Å²) in [5.41, 5.74) is 0.920. The Balaban J connectivity index is 1.79. The molecule has 3 amide bonds. The molecule has 1 heterocycles. The molecule has 1 N–H and O–H groups in total. The smallest absolute Gasteiger partial charge is 0.317 e. The molecule has 1 aliphatic rings. The van der Waals surface area contributed by atoms with Crippen molar-refractivity contribution >= 4 is 11.9 Å². The standard InChI is InChI=1S/C28H47FN4O2/c1-3-5-7-8-9-11-17-30-28(35)33(24-25-13-15-26(29)16-14-25)23-20-31-18-21-32(22-19-31)27(34)12-10-6-4-2/h13-16H,3-12,17-24H2,1-2H3,(H,30,35). The predicted molar refractivity (Wildman–Crippen MR) is 141 cm³/mol. The molecule has 1 fully saturated rings. The highest BCUT2D eigenvalue weighted by Crippen LogP contribution is 2.10. The maximum atomic E-state index is 13.3. The molecule has 6 nitrogen and oxygen atoms in total. The van der Waals surface area contributed by atoms with Gasteiger partial charge in [-0.05, 0) is 30.5 Å². The average Bonchev–Trinajstić information content (AvgIpc) is 2.87. The SMILES string of the molecule is CCCCCCCCNC(=O)N(CCN1CCN(C(=O)CCCCC)CC1)Cc1ccc(F)cc1. The van der Waals surface area contributed by atoms with Gasteiger partial charge in [0.25, 0.3) is 0 Å². The summed E-state index contributed by atoms with van der Waals surface area (Å²) < 4.78 is 13.3. The molecule has 1 aromatic carbocycles. The Morgan fingerprint density at radius 1 is 0.886 bits per heavy atom. The van der Waals surface area contributed by atoms with E-state index < -0.39 is 0 Å². The largest absolute Gasteiger partial charge is 0.340 e. The number of nitrogens with one attached hydrogen (secondary N) is 1. The zero-order valence-electron chi connectivity index (χ0n) is 22.1. The Morgan fingerprint density at radius 2 is 1.51 bits per heavy atom. The van der Waals surface area contributed by atoms with Crippen molar-refractivity contribution in [3.63, 3.8) is 0 Å². The second-order valence-electron chi connectivity index (χ2n) is 9.73. The lowest BCUT2D eigenvalue weighted by molar-refractivity contribution is -0.133. The van der Waals surface area contributed by atoms with Crippen molar-refractivity contribution in [2.75, 3.05) is 45.8 Å². The Morgan fingerprint density at radius 3 is 2.20 bits per heavy atom. The van der Waals surface area contributed by atoms with Crippen LogP contribution in [0, 0.1) is 5.82 Å². The molecule has 0 radical (unpaired) electrons. The Kier molecular flexibility index (Phi) is 14.4. The number of piperazine rings is 1. The van der Waals surface area contributed by atoms with Gasteiger partial charge in [-0.1, -0.05) is 70.9 Å². The average molecular weight is 491 g/mol. The summed E-state index contributed by atoms with van der Waals surface area (Å²) in [6.07, 6.45) is 11.0. The summed E-state index contributed by atoms with van der Waals surface area (Å²) in [5.74, 6) is 0.0000416. The van der Waals surface area contributed by atoms with Gasteiger partial charge in [-0.3, -0.25) is 9.69 Å². The van der Waals surface area contributed by atoms with Crippen molar-refractivity contribution in [2.24, 2.45) is 0 Å². The van der Waals surface area contributed by atoms with E-state index in [0.717, 1.165) is 70.4 Å². The topological polar surface area (TPSA) is 55.9 Å². The minimum Gasteiger partial charge on any atom is -0.340 e. The molecule has 0 unspecified atom stereocenters. The van der Waals surface area contributed by atoms with Gasteiger partial charge < -0.3 is 15.1 Å². The van der Waals surface area contributed by atoms with Crippen LogP contribution in [-0.2, 0) is 11.3 Å². The quantitative estimate of drug-likeness (QED) is 0.315. The van der Waals surface area contributed by atoms with E-state index in [0.29, 0.717) is 26.1 Å². The third kappa shape index (κ3) is 11.9. The molecular weight excluding hydrogens is 443 g/mol. The summed E-state index contributed by atoms with van der Waals surface area (Å²) in [4.78, 5) is 31.5. The molecule has 1 aromatic rings. The zero-order chi connectivity index (χ0) is 25.3. The van der Waals surface area contributed by atoms with E-state index in [1.54, 1.807) is 12.1 Å². The van der Waals surface area contributed by atoms with Gasteiger partial charge in [0.2, 0.25) is 5.91 Å². The van der Waals surface area contributed by atoms with Crippen molar-refractivity contribution in [1.82, 2.24) is 20.0 Å². The number of hydrogen-bond acceptors (Lipinski definition) is 3. The molecule has 7 heteroatoms. The van der Waals surface area contributed by atoms with E-state index in [2.05, 4.69) is 24.1 Å². The second kappa shape index (κ2) is 17.3. The van der Waals surface area contributed by atoms with E-state index in [1.807, 2.05) is 9.80 Å². The normalized spacial score (nSPS) is 14.2. The first-order valence-electron chi connectivity index (χ1n) is 13.8. The Bertz CT molecular complexity index is 720. The van der Waals surface area contributed by atoms with Crippen LogP contribution in [0.15, 0.2) is 24.3 Å². The first kappa shape index (κ1) is 29.1. The number of urea groups is 1. The maximum Gasteiger partial charge on any atom is 0.317 e. The second-order valence-corrected chi connectivity index (χ2v) is 9.73. The van der Waals surface area contributed by atoms with E-state index in [4.69, 9.17) is 0 Å². The zero-order valence-corrected chi connectivity index (χ0v) is 22.1. The van der Waals surface area contributed by atoms with Crippen molar-refractivity contribution in [2.45, 2.75) is 84.6 Å². The lowest BCUT2D eigenvalue weighted by Gasteiger charge is -2.36. The van der Waals surface area contributed by atoms with Crippen molar-refractivity contribution < 1.29 is 14.0 Å². The Labute approximate surface area is 212 Å². The first-order valence-corrected chi connectivity index (χ1v) is 13.8. The maximum absolute atomic E-state index is 13.3. The highest BCUT2D eigenvalue weighted by atomic mass is 19.1. The third-order valence-electron chi connectivity index (χ3n) is 6.79. The first-order chi connectivity index (χ1) is 17.0. The predicted octanol–water partition coefficient (Wildman–Crippen LogP) is 5.42. The number of carbonyl (C=O) groups is 2. The number of amides is 3. The lowest BCUT2D eigenvalue weighted by Crippen LogP contribution is -2.51. The monoisotopic (exact) mass is 490 g/mol. The molecule has 198 valence electrons. The molecule has 0 aliphatic carbocycles. The number of rotatable bonds is 16. The number of unbranched alkanes of at least 4 members (excludes halogenated alkanes) is 7. The number of nitrogens with zero attached hydrogens (tertiary/aromatic N) is 3. The minimum atomic E-state index is -0.269. The van der Waals surface area contributed by atoms with Crippen molar-refractivity contribution in [3.8, 4) is 0 Å². The van der Waals surface area contributed by atoms with Crippen LogP contribution in [-0.4, -0.2) is 72.5 Å². The van der Waals surface area contributed by atoms with Crippen LogP contribution in [0.4, 0.5) is 9.18 Å². The summed E-state index contributed by atoms with van der Waals surface area (Å²) in [6.45, 7) is 10.1. The van der Waals surface area contributed by atoms with Crippen molar-refractivity contribution in [3.05, 3.63) is 35.6 Å². The molecule has 1 aliphatic heterocycles. The molecule has 35 heavy (non-hydrogen) atoms. The van der Waals surface area contributed by atoms with E-state index in [1.165, 1.54) is 37.8 Å². The highest BCUT2D eigenvalue weighted by molar-refractivity contribution is 5.76. The molecule has 0 spiro atoms. The molecule has 0 bridgehead atoms. The number of hydrogen-bond donors (Lipinski definition) is 1. The van der Waals surface area contributed by atoms with Gasteiger partial charge in [0.05, 0.1) is 0 Å². The van der Waals surface area contributed by atoms with Gasteiger partial charge in [0, 0.05) is 58.8 Å². The number of halogens is 1. The molecule has 0 aromatic heterocycles. The van der Waals surface area contributed by atoms with Gasteiger partial charge in [0.15, 0.2) is 0 Å². The fourth-order valence-electron chi connectivity index (χ4n) is 4.44. The van der Waals surface area contributed by atoms with Crippen LogP contribution < -0.4 is 5.32 Å². The van der Waals surface area contributed by atoms with Gasteiger partial charge in [0.1, 0.15) is 5.82 Å². The van der Waals surface area contributed by atoms with Crippen LogP contribution in [0.2, 0.25) is 0 Å². The Hall–Kier alpha value is -2.15. The van der Waals surface area contributed by atoms with E-state index in [-0.39, 0.29) is 17.8 Å². The summed E-state index contributed by atoms with van der Waals surface area (Å²) >= 11 is 0. The molecule has 1 saturated heterocycles. The van der Waals surface area contributed by atoms with Gasteiger partial charge in [-0.15, -0.1) is 0 Å². The summed E-state index contributed by atoms with van der Waals surface area (Å²) in [5, 5.41) is 3.08. The fourth-order valence-corrected chi connectivity index (χ4v) is 4.44. The van der Waals surface area contributed by atoms with Gasteiger partial charge in [-0.2, -0.15) is 0 Å². The fraction of sp³-hybridized carbons (Fsp3) is 0.714. The number of benzene rings is 1. The van der Waals surface area contributed by atoms with Crippen molar-refractivity contribution in [1.29, 1.82) is 0 Å². The van der Waals surface area contributed by atoms with Crippen LogP contribution in [0.5, 0.6) is 0 Å². The van der Waals surface area contributed by atoms with Crippen LogP contribution in [0.3, 0.4) is 0 Å². The van der Waals surface area contributed by atoms with Crippen LogP contribution in [0.1, 0.15) is 83.6 Å².